The first-order chi connectivity index (χ1) is 17.6. The SMILES string of the molecule is CCCCC(Oc1ccc(-c2ccc(C(C)(C)C)cc2)c(C)c1)c1ccc(C(=O)NCCC(=O)OC)s1. The highest BCUT2D eigenvalue weighted by Crippen LogP contribution is 2.34. The summed E-state index contributed by atoms with van der Waals surface area (Å²) in [6, 6.07) is 18.9. The molecule has 0 radical (unpaired) electrons. The van der Waals surface area contributed by atoms with Crippen LogP contribution in [0, 0.1) is 6.92 Å². The standard InChI is InChI=1S/C31H39NO4S/c1-7-8-9-26(27-16-17-28(37-27)30(34)32-19-18-29(33)35-6)36-24-14-15-25(21(2)20-24)22-10-12-23(13-11-22)31(3,4)5/h10-17,20,26H,7-9,18-19H2,1-6H3,(H,32,34). The van der Waals surface area contributed by atoms with E-state index in [0.29, 0.717) is 4.88 Å². The Hall–Kier alpha value is -3.12. The number of methoxy groups -OCH3 is 1. The van der Waals surface area contributed by atoms with Gasteiger partial charge >= 0.3 is 5.97 Å². The number of carbonyl (C=O) groups is 2. The molecule has 0 fully saturated rings. The minimum Gasteiger partial charge on any atom is -0.485 e. The second-order valence-corrected chi connectivity index (χ2v) is 11.5. The number of esters is 1. The van der Waals surface area contributed by atoms with Gasteiger partial charge in [-0.3, -0.25) is 9.59 Å². The van der Waals surface area contributed by atoms with Gasteiger partial charge in [0, 0.05) is 11.4 Å². The van der Waals surface area contributed by atoms with E-state index in [4.69, 9.17) is 4.74 Å². The van der Waals surface area contributed by atoms with E-state index >= 15 is 0 Å². The van der Waals surface area contributed by atoms with Crippen LogP contribution < -0.4 is 10.1 Å². The van der Waals surface area contributed by atoms with E-state index in [-0.39, 0.29) is 36.4 Å². The summed E-state index contributed by atoms with van der Waals surface area (Å²) in [5.74, 6) is 0.293. The van der Waals surface area contributed by atoms with Crippen molar-refractivity contribution >= 4 is 23.2 Å². The predicted molar refractivity (Wildman–Crippen MR) is 151 cm³/mol. The maximum atomic E-state index is 12.5. The number of carbonyl (C=O) groups excluding carboxylic acids is 2. The molecule has 1 amide bonds. The van der Waals surface area contributed by atoms with Gasteiger partial charge in [0.1, 0.15) is 11.9 Å². The average Bonchev–Trinajstić information content (AvgIpc) is 3.36. The van der Waals surface area contributed by atoms with Crippen LogP contribution in [0.4, 0.5) is 0 Å². The Labute approximate surface area is 225 Å². The van der Waals surface area contributed by atoms with Gasteiger partial charge < -0.3 is 14.8 Å². The Morgan fingerprint density at radius 3 is 2.38 bits per heavy atom. The monoisotopic (exact) mass is 521 g/mol. The van der Waals surface area contributed by atoms with Crippen LogP contribution in [0.15, 0.2) is 54.6 Å². The highest BCUT2D eigenvalue weighted by molar-refractivity contribution is 7.14. The lowest BCUT2D eigenvalue weighted by Gasteiger charge is -2.20. The van der Waals surface area contributed by atoms with Crippen molar-refractivity contribution in [1.82, 2.24) is 5.32 Å². The quantitative estimate of drug-likeness (QED) is 0.264. The summed E-state index contributed by atoms with van der Waals surface area (Å²) in [5.41, 5.74) is 5.00. The molecule has 0 saturated carbocycles. The van der Waals surface area contributed by atoms with Gasteiger partial charge in [-0.25, -0.2) is 0 Å². The molecule has 0 aliphatic carbocycles. The topological polar surface area (TPSA) is 64.6 Å². The molecule has 1 atom stereocenters. The van der Waals surface area contributed by atoms with Crippen molar-refractivity contribution in [3.63, 3.8) is 0 Å². The van der Waals surface area contributed by atoms with E-state index in [0.717, 1.165) is 35.5 Å². The Morgan fingerprint density at radius 2 is 1.76 bits per heavy atom. The maximum absolute atomic E-state index is 12.5. The molecule has 1 heterocycles. The third kappa shape index (κ3) is 7.93. The Balaban J connectivity index is 1.72. The number of ether oxygens (including phenoxy) is 2. The first kappa shape index (κ1) is 28.5. The molecule has 0 aliphatic rings. The number of hydrogen-bond acceptors (Lipinski definition) is 5. The molecule has 1 unspecified atom stereocenters. The molecule has 5 nitrogen and oxygen atoms in total. The molecular weight excluding hydrogens is 482 g/mol. The van der Waals surface area contributed by atoms with Gasteiger partial charge in [0.2, 0.25) is 0 Å². The maximum Gasteiger partial charge on any atom is 0.307 e. The van der Waals surface area contributed by atoms with E-state index in [9.17, 15) is 9.59 Å². The van der Waals surface area contributed by atoms with Crippen molar-refractivity contribution in [3.05, 3.63) is 75.5 Å². The average molecular weight is 522 g/mol. The Kier molecular flexibility index (Phi) is 9.93. The molecule has 0 saturated heterocycles. The third-order valence-corrected chi connectivity index (χ3v) is 7.54. The molecule has 6 heteroatoms. The van der Waals surface area contributed by atoms with Gasteiger partial charge in [-0.15, -0.1) is 11.3 Å². The molecule has 0 aliphatic heterocycles. The summed E-state index contributed by atoms with van der Waals surface area (Å²) in [7, 11) is 1.34. The molecule has 1 aromatic heterocycles. The smallest absolute Gasteiger partial charge is 0.307 e. The molecular formula is C31H39NO4S. The normalized spacial score (nSPS) is 12.2. The summed E-state index contributed by atoms with van der Waals surface area (Å²) in [6.45, 7) is 11.2. The molecule has 3 aromatic rings. The third-order valence-electron chi connectivity index (χ3n) is 6.37. The van der Waals surface area contributed by atoms with Crippen LogP contribution in [0.25, 0.3) is 11.1 Å². The molecule has 0 bridgehead atoms. The summed E-state index contributed by atoms with van der Waals surface area (Å²) >= 11 is 1.44. The van der Waals surface area contributed by atoms with Crippen LogP contribution in [0.1, 0.15) is 85.2 Å². The fourth-order valence-corrected chi connectivity index (χ4v) is 5.10. The van der Waals surface area contributed by atoms with E-state index in [2.05, 4.69) is 81.1 Å². The molecule has 2 aromatic carbocycles. The van der Waals surface area contributed by atoms with Crippen LogP contribution >= 0.6 is 11.3 Å². The molecule has 0 spiro atoms. The first-order valence-electron chi connectivity index (χ1n) is 12.9. The van der Waals surface area contributed by atoms with E-state index in [1.54, 1.807) is 0 Å². The zero-order valence-corrected chi connectivity index (χ0v) is 23.7. The van der Waals surface area contributed by atoms with Crippen molar-refractivity contribution in [2.45, 2.75) is 71.8 Å². The van der Waals surface area contributed by atoms with Gasteiger partial charge in [-0.2, -0.15) is 0 Å². The largest absolute Gasteiger partial charge is 0.485 e. The number of nitrogens with one attached hydrogen (secondary N) is 1. The minimum absolute atomic E-state index is 0.127. The lowest BCUT2D eigenvalue weighted by Crippen LogP contribution is -2.25. The van der Waals surface area contributed by atoms with Crippen LogP contribution in [0.5, 0.6) is 5.75 Å². The van der Waals surface area contributed by atoms with Crippen LogP contribution in [-0.2, 0) is 14.9 Å². The summed E-state index contributed by atoms with van der Waals surface area (Å²) in [6.07, 6.45) is 2.99. The number of amides is 1. The fourth-order valence-electron chi connectivity index (χ4n) is 4.11. The second-order valence-electron chi connectivity index (χ2n) is 10.3. The number of unbranched alkanes of at least 4 members (excludes halogenated alkanes) is 1. The van der Waals surface area contributed by atoms with Crippen molar-refractivity contribution in [1.29, 1.82) is 0 Å². The molecule has 3 rings (SSSR count). The zero-order chi connectivity index (χ0) is 27.0. The van der Waals surface area contributed by atoms with Crippen molar-refractivity contribution in [3.8, 4) is 16.9 Å². The van der Waals surface area contributed by atoms with Crippen LogP contribution in [-0.4, -0.2) is 25.5 Å². The van der Waals surface area contributed by atoms with E-state index < -0.39 is 0 Å². The van der Waals surface area contributed by atoms with Crippen molar-refractivity contribution in [2.24, 2.45) is 0 Å². The van der Waals surface area contributed by atoms with Gasteiger partial charge in [0.15, 0.2) is 0 Å². The number of aryl methyl sites for hydroxylation is 1. The number of rotatable bonds is 11. The number of thiophene rings is 1. The van der Waals surface area contributed by atoms with Gasteiger partial charge in [-0.1, -0.05) is 64.4 Å². The summed E-state index contributed by atoms with van der Waals surface area (Å²) < 4.78 is 11.1. The van der Waals surface area contributed by atoms with Crippen molar-refractivity contribution < 1.29 is 19.1 Å². The highest BCUT2D eigenvalue weighted by Gasteiger charge is 2.19. The van der Waals surface area contributed by atoms with E-state index in [1.807, 2.05) is 18.2 Å². The number of hydrogen-bond donors (Lipinski definition) is 1. The fraction of sp³-hybridized carbons (Fsp3) is 0.419. The Bertz CT molecular complexity index is 1190. The zero-order valence-electron chi connectivity index (χ0n) is 22.9. The Morgan fingerprint density at radius 1 is 1.03 bits per heavy atom. The molecule has 37 heavy (non-hydrogen) atoms. The number of benzene rings is 2. The highest BCUT2D eigenvalue weighted by atomic mass is 32.1. The second kappa shape index (κ2) is 12.9. The minimum atomic E-state index is -0.344. The van der Waals surface area contributed by atoms with Gasteiger partial charge in [0.05, 0.1) is 18.4 Å². The lowest BCUT2D eigenvalue weighted by molar-refractivity contribution is -0.140. The van der Waals surface area contributed by atoms with Crippen LogP contribution in [0.2, 0.25) is 0 Å². The van der Waals surface area contributed by atoms with Crippen LogP contribution in [0.3, 0.4) is 0 Å². The molecule has 1 N–H and O–H groups in total. The van der Waals surface area contributed by atoms with Gasteiger partial charge in [0.25, 0.3) is 5.91 Å². The predicted octanol–water partition coefficient (Wildman–Crippen LogP) is 7.62. The van der Waals surface area contributed by atoms with Crippen molar-refractivity contribution in [2.75, 3.05) is 13.7 Å². The lowest BCUT2D eigenvalue weighted by atomic mass is 9.86. The first-order valence-corrected chi connectivity index (χ1v) is 13.8. The van der Waals surface area contributed by atoms with E-state index in [1.165, 1.54) is 35.1 Å². The molecule has 198 valence electrons. The summed E-state index contributed by atoms with van der Waals surface area (Å²) in [4.78, 5) is 25.4. The van der Waals surface area contributed by atoms with Gasteiger partial charge in [-0.05, 0) is 71.7 Å². The summed E-state index contributed by atoms with van der Waals surface area (Å²) in [5, 5.41) is 2.78.